The van der Waals surface area contributed by atoms with Crippen LogP contribution in [0, 0.1) is 5.82 Å². The molecule has 0 saturated heterocycles. The highest BCUT2D eigenvalue weighted by Gasteiger charge is 2.16. The fourth-order valence-electron chi connectivity index (χ4n) is 3.62. The van der Waals surface area contributed by atoms with Gasteiger partial charge >= 0.3 is 0 Å². The van der Waals surface area contributed by atoms with Crippen molar-refractivity contribution >= 4 is 22.4 Å². The van der Waals surface area contributed by atoms with Crippen LogP contribution in [0.5, 0.6) is 0 Å². The predicted octanol–water partition coefficient (Wildman–Crippen LogP) is 5.23. The number of halogens is 1. The molecule has 0 saturated carbocycles. The maximum Gasteiger partial charge on any atom is 0.162 e. The molecule has 0 aliphatic heterocycles. The number of aromatic nitrogens is 5. The molecule has 7 heteroatoms. The third-order valence-corrected chi connectivity index (χ3v) is 5.68. The monoisotopic (exact) mass is 403 g/mol. The van der Waals surface area contributed by atoms with Crippen LogP contribution in [0.2, 0.25) is 0 Å². The Bertz CT molecular complexity index is 1290. The fourth-order valence-corrected chi connectivity index (χ4v) is 4.28. The molecular weight excluding hydrogens is 385 g/mol. The summed E-state index contributed by atoms with van der Waals surface area (Å²) < 4.78 is 18.3. The Hall–Kier alpha value is -3.32. The lowest BCUT2D eigenvalue weighted by atomic mass is 10.1. The average Bonchev–Trinajstić information content (AvgIpc) is 3.48. The quantitative estimate of drug-likeness (QED) is 0.404. The molecule has 4 heterocycles. The molecule has 144 valence electrons. The standard InChI is InChI=1S/C22H18FN5S/c1-2-28-19-6-5-15(16-7-11-29-14-16)12-18(19)26-20(28)13-27-10-9-25-22(27)21-17(23)4-3-8-24-21/h3-12,14H,2,13H2,1H3. The van der Waals surface area contributed by atoms with Gasteiger partial charge in [0.25, 0.3) is 0 Å². The second-order valence-corrected chi connectivity index (χ2v) is 7.48. The topological polar surface area (TPSA) is 48.5 Å². The van der Waals surface area contributed by atoms with Crippen LogP contribution in [-0.4, -0.2) is 24.1 Å². The van der Waals surface area contributed by atoms with Gasteiger partial charge in [-0.15, -0.1) is 0 Å². The molecule has 0 fully saturated rings. The summed E-state index contributed by atoms with van der Waals surface area (Å²) in [5.74, 6) is 1.02. The van der Waals surface area contributed by atoms with E-state index in [9.17, 15) is 4.39 Å². The SMILES string of the molecule is CCn1c(Cn2ccnc2-c2ncccc2F)nc2cc(-c3ccsc3)ccc21. The average molecular weight is 403 g/mol. The van der Waals surface area contributed by atoms with Gasteiger partial charge in [-0.1, -0.05) is 6.07 Å². The number of fused-ring (bicyclic) bond motifs is 1. The van der Waals surface area contributed by atoms with Gasteiger partial charge in [0, 0.05) is 25.1 Å². The van der Waals surface area contributed by atoms with Gasteiger partial charge in [-0.05, 0) is 59.1 Å². The zero-order valence-electron chi connectivity index (χ0n) is 15.8. The molecule has 0 amide bonds. The van der Waals surface area contributed by atoms with Gasteiger partial charge in [0.1, 0.15) is 11.5 Å². The third kappa shape index (κ3) is 3.13. The highest BCUT2D eigenvalue weighted by molar-refractivity contribution is 7.08. The zero-order valence-corrected chi connectivity index (χ0v) is 16.6. The first-order valence-corrected chi connectivity index (χ1v) is 10.3. The number of nitrogens with zero attached hydrogens (tertiary/aromatic N) is 5. The van der Waals surface area contributed by atoms with Crippen LogP contribution in [0.1, 0.15) is 12.7 Å². The van der Waals surface area contributed by atoms with Gasteiger partial charge in [-0.25, -0.2) is 19.3 Å². The van der Waals surface area contributed by atoms with Crippen molar-refractivity contribution in [2.75, 3.05) is 0 Å². The largest absolute Gasteiger partial charge is 0.327 e. The molecule has 0 bridgehead atoms. The van der Waals surface area contributed by atoms with Gasteiger partial charge in [0.15, 0.2) is 11.6 Å². The molecule has 0 aliphatic carbocycles. The summed E-state index contributed by atoms with van der Waals surface area (Å²) >= 11 is 1.68. The van der Waals surface area contributed by atoms with Crippen molar-refractivity contribution in [2.24, 2.45) is 0 Å². The Labute approximate surface area is 171 Å². The van der Waals surface area contributed by atoms with E-state index in [0.29, 0.717) is 12.4 Å². The molecular formula is C22H18FN5S. The van der Waals surface area contributed by atoms with Crippen molar-refractivity contribution < 1.29 is 4.39 Å². The number of aryl methyl sites for hydroxylation is 1. The van der Waals surface area contributed by atoms with E-state index in [1.54, 1.807) is 29.8 Å². The molecule has 0 N–H and O–H groups in total. The lowest BCUT2D eigenvalue weighted by Crippen LogP contribution is -2.09. The molecule has 5 aromatic rings. The van der Waals surface area contributed by atoms with Crippen LogP contribution >= 0.6 is 11.3 Å². The summed E-state index contributed by atoms with van der Waals surface area (Å²) in [6, 6.07) is 11.5. The molecule has 0 radical (unpaired) electrons. The van der Waals surface area contributed by atoms with Crippen molar-refractivity contribution in [2.45, 2.75) is 20.0 Å². The van der Waals surface area contributed by atoms with Crippen LogP contribution in [0.3, 0.4) is 0 Å². The summed E-state index contributed by atoms with van der Waals surface area (Å²) in [5.41, 5.74) is 4.65. The molecule has 0 aliphatic rings. The Morgan fingerprint density at radius 2 is 2.00 bits per heavy atom. The number of imidazole rings is 2. The zero-order chi connectivity index (χ0) is 19.8. The van der Waals surface area contributed by atoms with Crippen LogP contribution < -0.4 is 0 Å². The van der Waals surface area contributed by atoms with E-state index in [-0.39, 0.29) is 11.5 Å². The number of hydrogen-bond acceptors (Lipinski definition) is 4. The van der Waals surface area contributed by atoms with Crippen molar-refractivity contribution in [3.63, 3.8) is 0 Å². The van der Waals surface area contributed by atoms with Crippen molar-refractivity contribution in [3.05, 3.63) is 77.4 Å². The second-order valence-electron chi connectivity index (χ2n) is 6.70. The number of hydrogen-bond donors (Lipinski definition) is 0. The van der Waals surface area contributed by atoms with E-state index >= 15 is 0 Å². The summed E-state index contributed by atoms with van der Waals surface area (Å²) in [4.78, 5) is 13.4. The maximum atomic E-state index is 14.2. The lowest BCUT2D eigenvalue weighted by Gasteiger charge is -2.10. The molecule has 5 nitrogen and oxygen atoms in total. The lowest BCUT2D eigenvalue weighted by molar-refractivity contribution is 0.618. The number of thiophene rings is 1. The Morgan fingerprint density at radius 3 is 2.79 bits per heavy atom. The summed E-state index contributed by atoms with van der Waals surface area (Å²) in [6.45, 7) is 3.39. The maximum absolute atomic E-state index is 14.2. The van der Waals surface area contributed by atoms with Gasteiger partial charge in [0.2, 0.25) is 0 Å². The molecule has 1 aromatic carbocycles. The summed E-state index contributed by atoms with van der Waals surface area (Å²) in [7, 11) is 0. The molecule has 0 unspecified atom stereocenters. The van der Waals surface area contributed by atoms with E-state index in [1.165, 1.54) is 11.6 Å². The summed E-state index contributed by atoms with van der Waals surface area (Å²) in [5, 5.41) is 4.21. The Morgan fingerprint density at radius 1 is 1.07 bits per heavy atom. The molecule has 29 heavy (non-hydrogen) atoms. The first-order valence-electron chi connectivity index (χ1n) is 9.38. The van der Waals surface area contributed by atoms with Crippen molar-refractivity contribution in [1.29, 1.82) is 0 Å². The summed E-state index contributed by atoms with van der Waals surface area (Å²) in [6.07, 6.45) is 5.07. The Kier molecular flexibility index (Phi) is 4.44. The normalized spacial score (nSPS) is 11.4. The highest BCUT2D eigenvalue weighted by Crippen LogP contribution is 2.27. The van der Waals surface area contributed by atoms with E-state index in [1.807, 2.05) is 10.8 Å². The Balaban J connectivity index is 1.56. The minimum atomic E-state index is -0.385. The molecule has 0 spiro atoms. The number of rotatable bonds is 5. The smallest absolute Gasteiger partial charge is 0.162 e. The molecule has 5 rings (SSSR count). The van der Waals surface area contributed by atoms with Crippen LogP contribution in [0.15, 0.2) is 65.7 Å². The van der Waals surface area contributed by atoms with Gasteiger partial charge in [-0.2, -0.15) is 11.3 Å². The third-order valence-electron chi connectivity index (χ3n) is 5.00. The predicted molar refractivity (Wildman–Crippen MR) is 113 cm³/mol. The van der Waals surface area contributed by atoms with Gasteiger partial charge in [-0.3, -0.25) is 0 Å². The molecule has 0 atom stereocenters. The minimum absolute atomic E-state index is 0.247. The fraction of sp³-hybridized carbons (Fsp3) is 0.136. The highest BCUT2D eigenvalue weighted by atomic mass is 32.1. The number of pyridine rings is 1. The minimum Gasteiger partial charge on any atom is -0.327 e. The van der Waals surface area contributed by atoms with E-state index in [0.717, 1.165) is 29.0 Å². The van der Waals surface area contributed by atoms with E-state index in [2.05, 4.69) is 56.5 Å². The van der Waals surface area contributed by atoms with E-state index < -0.39 is 0 Å². The van der Waals surface area contributed by atoms with E-state index in [4.69, 9.17) is 4.98 Å². The van der Waals surface area contributed by atoms with Crippen LogP contribution in [0.25, 0.3) is 33.7 Å². The van der Waals surface area contributed by atoms with Crippen molar-refractivity contribution in [1.82, 2.24) is 24.1 Å². The van der Waals surface area contributed by atoms with Crippen LogP contribution in [-0.2, 0) is 13.1 Å². The van der Waals surface area contributed by atoms with Crippen molar-refractivity contribution in [3.8, 4) is 22.6 Å². The number of benzene rings is 1. The first-order chi connectivity index (χ1) is 14.2. The molecule has 4 aromatic heterocycles. The van der Waals surface area contributed by atoms with Gasteiger partial charge in [0.05, 0.1) is 17.6 Å². The van der Waals surface area contributed by atoms with Crippen LogP contribution in [0.4, 0.5) is 4.39 Å². The van der Waals surface area contributed by atoms with Gasteiger partial charge < -0.3 is 9.13 Å². The first kappa shape index (κ1) is 17.8. The second kappa shape index (κ2) is 7.25.